The predicted octanol–water partition coefficient (Wildman–Crippen LogP) is 1.96. The molecule has 1 aromatic carbocycles. The molecule has 0 fully saturated rings. The van der Waals surface area contributed by atoms with Crippen LogP contribution in [0.4, 0.5) is 0 Å². The van der Waals surface area contributed by atoms with E-state index >= 15 is 0 Å². The van der Waals surface area contributed by atoms with Crippen LogP contribution in [0.3, 0.4) is 0 Å². The molecule has 0 radical (unpaired) electrons. The first-order chi connectivity index (χ1) is 8.08. The van der Waals surface area contributed by atoms with Crippen molar-refractivity contribution >= 4 is 5.78 Å². The topological polar surface area (TPSA) is 38.8 Å². The minimum absolute atomic E-state index is 0.0989. The molecule has 0 heterocycles. The number of allylic oxidation sites excluding steroid dienone is 1. The van der Waals surface area contributed by atoms with Crippen molar-refractivity contribution in [1.82, 2.24) is 4.90 Å². The molecular weight excluding hydrogens is 218 g/mol. The van der Waals surface area contributed by atoms with E-state index in [-0.39, 0.29) is 5.78 Å². The maximum atomic E-state index is 11.9. The molecule has 0 aromatic heterocycles. The van der Waals surface area contributed by atoms with E-state index in [1.165, 1.54) is 13.2 Å². The molecule has 0 bridgehead atoms. The second-order valence-corrected chi connectivity index (χ2v) is 3.71. The summed E-state index contributed by atoms with van der Waals surface area (Å²) in [7, 11) is 6.81. The maximum Gasteiger partial charge on any atom is 0.191 e. The van der Waals surface area contributed by atoms with Crippen molar-refractivity contribution in [3.8, 4) is 11.5 Å². The lowest BCUT2D eigenvalue weighted by molar-refractivity contribution is 0.104. The molecule has 4 heteroatoms. The van der Waals surface area contributed by atoms with Gasteiger partial charge in [0, 0.05) is 32.4 Å². The highest BCUT2D eigenvalue weighted by Crippen LogP contribution is 2.25. The van der Waals surface area contributed by atoms with Gasteiger partial charge in [0.25, 0.3) is 0 Å². The Hall–Kier alpha value is -1.97. The van der Waals surface area contributed by atoms with Gasteiger partial charge in [-0.25, -0.2) is 0 Å². The van der Waals surface area contributed by atoms with Crippen LogP contribution in [0, 0.1) is 0 Å². The van der Waals surface area contributed by atoms with Crippen molar-refractivity contribution < 1.29 is 14.3 Å². The van der Waals surface area contributed by atoms with Gasteiger partial charge < -0.3 is 14.4 Å². The quantitative estimate of drug-likeness (QED) is 0.577. The number of rotatable bonds is 5. The molecule has 0 saturated heterocycles. The van der Waals surface area contributed by atoms with E-state index in [2.05, 4.69) is 0 Å². The molecule has 1 aromatic rings. The Morgan fingerprint density at radius 3 is 2.47 bits per heavy atom. The first-order valence-corrected chi connectivity index (χ1v) is 5.19. The summed E-state index contributed by atoms with van der Waals surface area (Å²) in [4.78, 5) is 13.7. The molecular formula is C13H17NO3. The number of methoxy groups -OCH3 is 2. The van der Waals surface area contributed by atoms with Gasteiger partial charge >= 0.3 is 0 Å². The highest BCUT2D eigenvalue weighted by atomic mass is 16.5. The number of hydrogen-bond acceptors (Lipinski definition) is 4. The summed E-state index contributed by atoms with van der Waals surface area (Å²) in [6.45, 7) is 0. The highest BCUT2D eigenvalue weighted by Gasteiger charge is 2.10. The van der Waals surface area contributed by atoms with Crippen LogP contribution in [-0.2, 0) is 0 Å². The summed E-state index contributed by atoms with van der Waals surface area (Å²) in [5, 5.41) is 0. The van der Waals surface area contributed by atoms with E-state index in [4.69, 9.17) is 9.47 Å². The van der Waals surface area contributed by atoms with Crippen LogP contribution in [-0.4, -0.2) is 39.0 Å². The fourth-order valence-electron chi connectivity index (χ4n) is 1.31. The molecule has 0 aliphatic carbocycles. The summed E-state index contributed by atoms with van der Waals surface area (Å²) in [6.07, 6.45) is 3.20. The van der Waals surface area contributed by atoms with Gasteiger partial charge in [-0.2, -0.15) is 0 Å². The molecule has 0 amide bonds. The second-order valence-electron chi connectivity index (χ2n) is 3.71. The van der Waals surface area contributed by atoms with Crippen LogP contribution in [0.2, 0.25) is 0 Å². The molecule has 92 valence electrons. The molecule has 1 rings (SSSR count). The number of carbonyl (C=O) groups excluding carboxylic acids is 1. The van der Waals surface area contributed by atoms with Crippen LogP contribution >= 0.6 is 0 Å². The van der Waals surface area contributed by atoms with Gasteiger partial charge in [-0.1, -0.05) is 0 Å². The van der Waals surface area contributed by atoms with E-state index in [0.717, 1.165) is 0 Å². The third-order valence-electron chi connectivity index (χ3n) is 2.20. The minimum Gasteiger partial charge on any atom is -0.497 e. The van der Waals surface area contributed by atoms with Crippen LogP contribution in [0.5, 0.6) is 11.5 Å². The lowest BCUT2D eigenvalue weighted by atomic mass is 10.1. The predicted molar refractivity (Wildman–Crippen MR) is 66.7 cm³/mol. The molecule has 0 spiro atoms. The van der Waals surface area contributed by atoms with Crippen molar-refractivity contribution in [2.45, 2.75) is 0 Å². The van der Waals surface area contributed by atoms with Crippen LogP contribution in [0.25, 0.3) is 0 Å². The first-order valence-electron chi connectivity index (χ1n) is 5.19. The van der Waals surface area contributed by atoms with Gasteiger partial charge in [0.1, 0.15) is 11.5 Å². The Kier molecular flexibility index (Phi) is 4.57. The SMILES string of the molecule is COc1ccc(C(=O)C=CN(C)C)c(OC)c1. The Labute approximate surface area is 101 Å². The van der Waals surface area contributed by atoms with Crippen molar-refractivity contribution in [3.63, 3.8) is 0 Å². The summed E-state index contributed by atoms with van der Waals surface area (Å²) < 4.78 is 10.2. The smallest absolute Gasteiger partial charge is 0.191 e. The molecule has 0 aliphatic rings. The zero-order chi connectivity index (χ0) is 12.8. The summed E-state index contributed by atoms with van der Waals surface area (Å²) in [5.41, 5.74) is 0.520. The molecule has 4 nitrogen and oxygen atoms in total. The molecule has 0 aliphatic heterocycles. The minimum atomic E-state index is -0.0989. The molecule has 0 N–H and O–H groups in total. The first kappa shape index (κ1) is 13.1. The fourth-order valence-corrected chi connectivity index (χ4v) is 1.31. The Balaban J connectivity index is 3.01. The fraction of sp³-hybridized carbons (Fsp3) is 0.308. The standard InChI is InChI=1S/C13H17NO3/c1-14(2)8-7-12(15)11-6-5-10(16-3)9-13(11)17-4/h5-9H,1-4H3. The maximum absolute atomic E-state index is 11.9. The zero-order valence-corrected chi connectivity index (χ0v) is 10.6. The molecule has 0 atom stereocenters. The Bertz CT molecular complexity index is 425. The highest BCUT2D eigenvalue weighted by molar-refractivity contribution is 6.06. The van der Waals surface area contributed by atoms with E-state index in [1.807, 2.05) is 14.1 Å². The van der Waals surface area contributed by atoms with Crippen LogP contribution in [0.1, 0.15) is 10.4 Å². The van der Waals surface area contributed by atoms with Crippen molar-refractivity contribution in [3.05, 3.63) is 36.0 Å². The zero-order valence-electron chi connectivity index (χ0n) is 10.6. The van der Waals surface area contributed by atoms with Gasteiger partial charge in [-0.15, -0.1) is 0 Å². The van der Waals surface area contributed by atoms with Crippen molar-refractivity contribution in [1.29, 1.82) is 0 Å². The van der Waals surface area contributed by atoms with Crippen LogP contribution < -0.4 is 9.47 Å². The van der Waals surface area contributed by atoms with Gasteiger partial charge in [0.15, 0.2) is 5.78 Å². The summed E-state index contributed by atoms with van der Waals surface area (Å²) >= 11 is 0. The number of benzene rings is 1. The van der Waals surface area contributed by atoms with Crippen LogP contribution in [0.15, 0.2) is 30.5 Å². The lowest BCUT2D eigenvalue weighted by Gasteiger charge is -2.08. The number of ether oxygens (including phenoxy) is 2. The number of hydrogen-bond donors (Lipinski definition) is 0. The van der Waals surface area contributed by atoms with Gasteiger partial charge in [-0.3, -0.25) is 4.79 Å². The molecule has 0 saturated carbocycles. The van der Waals surface area contributed by atoms with E-state index < -0.39 is 0 Å². The van der Waals surface area contributed by atoms with E-state index in [0.29, 0.717) is 17.1 Å². The summed E-state index contributed by atoms with van der Waals surface area (Å²) in [6, 6.07) is 5.12. The number of carbonyl (C=O) groups is 1. The third kappa shape index (κ3) is 3.52. The average Bonchev–Trinajstić information content (AvgIpc) is 2.34. The third-order valence-corrected chi connectivity index (χ3v) is 2.20. The van der Waals surface area contributed by atoms with E-state index in [1.54, 1.807) is 36.4 Å². The molecule has 17 heavy (non-hydrogen) atoms. The number of ketones is 1. The van der Waals surface area contributed by atoms with Gasteiger partial charge in [0.2, 0.25) is 0 Å². The van der Waals surface area contributed by atoms with Crippen molar-refractivity contribution in [2.24, 2.45) is 0 Å². The Morgan fingerprint density at radius 2 is 1.94 bits per heavy atom. The second kappa shape index (κ2) is 5.94. The number of nitrogens with zero attached hydrogens (tertiary/aromatic N) is 1. The summed E-state index contributed by atoms with van der Waals surface area (Å²) in [5.74, 6) is 1.07. The monoisotopic (exact) mass is 235 g/mol. The molecule has 0 unspecified atom stereocenters. The van der Waals surface area contributed by atoms with Gasteiger partial charge in [0.05, 0.1) is 19.8 Å². The van der Waals surface area contributed by atoms with Gasteiger partial charge in [-0.05, 0) is 12.1 Å². The lowest BCUT2D eigenvalue weighted by Crippen LogP contribution is -2.04. The Morgan fingerprint density at radius 1 is 1.24 bits per heavy atom. The largest absolute Gasteiger partial charge is 0.497 e. The normalized spacial score (nSPS) is 10.4. The average molecular weight is 235 g/mol. The van der Waals surface area contributed by atoms with E-state index in [9.17, 15) is 4.79 Å². The van der Waals surface area contributed by atoms with Crippen molar-refractivity contribution in [2.75, 3.05) is 28.3 Å².